The van der Waals surface area contributed by atoms with Gasteiger partial charge < -0.3 is 18.9 Å². The van der Waals surface area contributed by atoms with Crippen LogP contribution in [0.15, 0.2) is 83.6 Å². The van der Waals surface area contributed by atoms with Gasteiger partial charge in [0, 0.05) is 18.3 Å². The molecule has 0 saturated carbocycles. The number of hydrogen-bond donors (Lipinski definition) is 0. The third-order valence-corrected chi connectivity index (χ3v) is 11.4. The van der Waals surface area contributed by atoms with Crippen molar-refractivity contribution >= 4 is 14.0 Å². The summed E-state index contributed by atoms with van der Waals surface area (Å²) in [6.45, 7) is 13.8. The number of hydrogen-bond acceptors (Lipinski definition) is 5. The molecule has 1 unspecified atom stereocenters. The maximum absolute atomic E-state index is 12.8. The number of carbonyl (C=O) groups is 1. The molecule has 1 aliphatic rings. The highest BCUT2D eigenvalue weighted by atomic mass is 28.3. The highest BCUT2D eigenvalue weighted by Crippen LogP contribution is 2.30. The van der Waals surface area contributed by atoms with Crippen molar-refractivity contribution in [1.29, 1.82) is 0 Å². The fraction of sp³-hybridized carbons (Fsp3) is 0.472. The zero-order chi connectivity index (χ0) is 30.7. The molecule has 0 amide bonds. The molecule has 0 bridgehead atoms. The second kappa shape index (κ2) is 15.9. The van der Waals surface area contributed by atoms with Gasteiger partial charge in [0.15, 0.2) is 11.5 Å². The van der Waals surface area contributed by atoms with Crippen LogP contribution in [0, 0.1) is 11.8 Å². The van der Waals surface area contributed by atoms with E-state index in [1.165, 1.54) is 10.8 Å². The molecule has 0 aromatic heterocycles. The van der Waals surface area contributed by atoms with Gasteiger partial charge in [0.05, 0.1) is 35.0 Å². The van der Waals surface area contributed by atoms with Gasteiger partial charge in [0.2, 0.25) is 0 Å². The summed E-state index contributed by atoms with van der Waals surface area (Å²) in [4.78, 5) is 12.8. The average Bonchev–Trinajstić information content (AvgIpc) is 3.00. The molecule has 0 N–H and O–H groups in total. The number of cyclic esters (lactones) is 1. The molecule has 1 aliphatic heterocycles. The van der Waals surface area contributed by atoms with E-state index in [4.69, 9.17) is 18.9 Å². The number of rotatable bonds is 11. The SMILES string of the molecule is COc1ccc(CO[C@H](C)[C@@H](C)/C=C(\C)C2OC(=O)CCC/C=C/C([Si](C)(C)Cc3ccccc3)=C\[C@H]2C)cc1OC. The lowest BCUT2D eigenvalue weighted by molar-refractivity contribution is -0.148. The summed E-state index contributed by atoms with van der Waals surface area (Å²) in [7, 11) is 1.46. The molecule has 0 fully saturated rings. The molecule has 6 heteroatoms. The fourth-order valence-electron chi connectivity index (χ4n) is 5.47. The Hall–Kier alpha value is -3.09. The van der Waals surface area contributed by atoms with E-state index in [1.807, 2.05) is 18.2 Å². The quantitative estimate of drug-likeness (QED) is 0.149. The molecular weight excluding hydrogens is 540 g/mol. The number of ether oxygens (including phenoxy) is 4. The first-order valence-electron chi connectivity index (χ1n) is 15.2. The number of allylic oxidation sites excluding steroid dienone is 3. The Bertz CT molecular complexity index is 1250. The van der Waals surface area contributed by atoms with Crippen LogP contribution in [0.5, 0.6) is 11.5 Å². The first kappa shape index (κ1) is 33.4. The molecule has 0 radical (unpaired) electrons. The van der Waals surface area contributed by atoms with Gasteiger partial charge in [0.1, 0.15) is 6.10 Å². The summed E-state index contributed by atoms with van der Waals surface area (Å²) in [6.07, 6.45) is 10.9. The van der Waals surface area contributed by atoms with Crippen molar-refractivity contribution in [2.75, 3.05) is 14.2 Å². The summed E-state index contributed by atoms with van der Waals surface area (Å²) in [5, 5.41) is 1.41. The minimum Gasteiger partial charge on any atom is -0.493 e. The van der Waals surface area contributed by atoms with E-state index in [9.17, 15) is 4.79 Å². The highest BCUT2D eigenvalue weighted by molar-refractivity contribution is 6.84. The van der Waals surface area contributed by atoms with Crippen molar-refractivity contribution in [2.45, 2.75) is 84.9 Å². The Balaban J connectivity index is 1.79. The van der Waals surface area contributed by atoms with Crippen molar-refractivity contribution < 1.29 is 23.7 Å². The third kappa shape index (κ3) is 9.74. The lowest BCUT2D eigenvalue weighted by Crippen LogP contribution is -2.34. The second-order valence-corrected chi connectivity index (χ2v) is 16.9. The van der Waals surface area contributed by atoms with Gasteiger partial charge in [-0.25, -0.2) is 0 Å². The summed E-state index contributed by atoms with van der Waals surface area (Å²) in [5.41, 5.74) is 3.46. The Labute approximate surface area is 254 Å². The van der Waals surface area contributed by atoms with E-state index in [0.29, 0.717) is 24.5 Å². The van der Waals surface area contributed by atoms with Crippen molar-refractivity contribution in [3.8, 4) is 11.5 Å². The van der Waals surface area contributed by atoms with Crippen LogP contribution in [0.4, 0.5) is 0 Å². The van der Waals surface area contributed by atoms with Crippen LogP contribution in [0.2, 0.25) is 13.1 Å². The summed E-state index contributed by atoms with van der Waals surface area (Å²) >= 11 is 0. The smallest absolute Gasteiger partial charge is 0.306 e. The molecule has 0 spiro atoms. The first-order chi connectivity index (χ1) is 20.0. The predicted molar refractivity (Wildman–Crippen MR) is 174 cm³/mol. The molecular formula is C36H50O5Si. The molecule has 2 aromatic rings. The lowest BCUT2D eigenvalue weighted by Gasteiger charge is -2.29. The number of benzene rings is 2. The minimum atomic E-state index is -1.80. The van der Waals surface area contributed by atoms with Crippen molar-refractivity contribution in [3.05, 3.63) is 94.7 Å². The van der Waals surface area contributed by atoms with E-state index < -0.39 is 8.07 Å². The van der Waals surface area contributed by atoms with Gasteiger partial charge in [-0.1, -0.05) is 98.4 Å². The molecule has 0 aliphatic carbocycles. The average molecular weight is 591 g/mol. The van der Waals surface area contributed by atoms with Crippen molar-refractivity contribution in [3.63, 3.8) is 0 Å². The van der Waals surface area contributed by atoms with E-state index in [2.05, 4.69) is 95.4 Å². The fourth-order valence-corrected chi connectivity index (χ4v) is 8.21. The molecule has 0 saturated heterocycles. The third-order valence-electron chi connectivity index (χ3n) is 8.17. The molecule has 4 atom stereocenters. The van der Waals surface area contributed by atoms with E-state index in [0.717, 1.165) is 30.0 Å². The zero-order valence-corrected chi connectivity index (χ0v) is 27.8. The van der Waals surface area contributed by atoms with E-state index in [-0.39, 0.29) is 30.0 Å². The van der Waals surface area contributed by atoms with Crippen LogP contribution < -0.4 is 9.47 Å². The molecule has 1 heterocycles. The highest BCUT2D eigenvalue weighted by Gasteiger charge is 2.29. The van der Waals surface area contributed by atoms with Crippen molar-refractivity contribution in [2.24, 2.45) is 11.8 Å². The normalized spacial score (nSPS) is 22.1. The largest absolute Gasteiger partial charge is 0.493 e. The van der Waals surface area contributed by atoms with Gasteiger partial charge in [-0.05, 0) is 56.0 Å². The second-order valence-electron chi connectivity index (χ2n) is 12.2. The Kier molecular flexibility index (Phi) is 12.7. The topological polar surface area (TPSA) is 54.0 Å². The van der Waals surface area contributed by atoms with Gasteiger partial charge >= 0.3 is 5.97 Å². The maximum atomic E-state index is 12.8. The summed E-state index contributed by atoms with van der Waals surface area (Å²) < 4.78 is 23.2. The maximum Gasteiger partial charge on any atom is 0.306 e. The van der Waals surface area contributed by atoms with Crippen LogP contribution in [0.1, 0.15) is 58.1 Å². The molecule has 3 rings (SSSR count). The number of carbonyl (C=O) groups excluding carboxylic acids is 1. The Morgan fingerprint density at radius 2 is 1.76 bits per heavy atom. The van der Waals surface area contributed by atoms with Crippen LogP contribution in [-0.4, -0.2) is 40.5 Å². The molecule has 42 heavy (non-hydrogen) atoms. The summed E-state index contributed by atoms with van der Waals surface area (Å²) in [5.74, 6) is 1.43. The Morgan fingerprint density at radius 3 is 2.45 bits per heavy atom. The Morgan fingerprint density at radius 1 is 1.05 bits per heavy atom. The molecule has 2 aromatic carbocycles. The number of esters is 1. The van der Waals surface area contributed by atoms with E-state index >= 15 is 0 Å². The van der Waals surface area contributed by atoms with Crippen LogP contribution in [-0.2, 0) is 26.9 Å². The predicted octanol–water partition coefficient (Wildman–Crippen LogP) is 8.44. The number of methoxy groups -OCH3 is 2. The van der Waals surface area contributed by atoms with Gasteiger partial charge in [-0.2, -0.15) is 0 Å². The minimum absolute atomic E-state index is 0.0342. The van der Waals surface area contributed by atoms with Crippen LogP contribution in [0.3, 0.4) is 0 Å². The monoisotopic (exact) mass is 590 g/mol. The zero-order valence-electron chi connectivity index (χ0n) is 26.8. The van der Waals surface area contributed by atoms with Crippen molar-refractivity contribution in [1.82, 2.24) is 0 Å². The van der Waals surface area contributed by atoms with E-state index in [1.54, 1.807) is 14.2 Å². The molecule has 5 nitrogen and oxygen atoms in total. The van der Waals surface area contributed by atoms with Gasteiger partial charge in [-0.15, -0.1) is 0 Å². The van der Waals surface area contributed by atoms with Gasteiger partial charge in [0.25, 0.3) is 0 Å². The lowest BCUT2D eigenvalue weighted by atomic mass is 9.93. The van der Waals surface area contributed by atoms with Crippen LogP contribution in [0.25, 0.3) is 0 Å². The summed E-state index contributed by atoms with van der Waals surface area (Å²) in [6, 6.07) is 17.7. The first-order valence-corrected chi connectivity index (χ1v) is 18.4. The molecule has 228 valence electrons. The standard InChI is InChI=1S/C36H50O5Si/c1-26(29(4)40-24-31-19-20-33(38-5)34(23-31)39-6)21-27(2)36-28(3)22-32(17-13-10-14-18-35(37)41-36)42(7,8)25-30-15-11-9-12-16-30/h9,11-13,15-17,19-23,26,28-29,36H,10,14,18,24-25H2,1-8H3/b17-13+,27-21+,32-22+/t26-,28+,29+,36?/m0/s1. The van der Waals surface area contributed by atoms with Crippen LogP contribution >= 0.6 is 0 Å². The van der Waals surface area contributed by atoms with Gasteiger partial charge in [-0.3, -0.25) is 4.79 Å².